The van der Waals surface area contributed by atoms with Crippen molar-refractivity contribution in [3.8, 4) is 0 Å². The third-order valence-corrected chi connectivity index (χ3v) is 3.06. The lowest BCUT2D eigenvalue weighted by molar-refractivity contribution is -0.143. The zero-order valence-electron chi connectivity index (χ0n) is 9.70. The highest BCUT2D eigenvalue weighted by Gasteiger charge is 2.51. The summed E-state index contributed by atoms with van der Waals surface area (Å²) in [6, 6.07) is -0.770. The molecule has 1 saturated carbocycles. The van der Waals surface area contributed by atoms with E-state index in [1.165, 1.54) is 0 Å². The number of nitrogens with one attached hydrogen (secondary N) is 1. The van der Waals surface area contributed by atoms with Crippen LogP contribution < -0.4 is 5.32 Å². The van der Waals surface area contributed by atoms with E-state index in [9.17, 15) is 9.59 Å². The van der Waals surface area contributed by atoms with Crippen molar-refractivity contribution in [1.82, 2.24) is 5.32 Å². The van der Waals surface area contributed by atoms with Crippen molar-refractivity contribution >= 4 is 11.9 Å². The Kier molecular flexibility index (Phi) is 3.07. The fraction of sp³-hybridized carbons (Fsp3) is 0.818. The number of rotatable bonds is 4. The van der Waals surface area contributed by atoms with E-state index < -0.39 is 12.0 Å². The van der Waals surface area contributed by atoms with Crippen molar-refractivity contribution in [3.05, 3.63) is 0 Å². The van der Waals surface area contributed by atoms with Crippen LogP contribution in [0.1, 0.15) is 34.1 Å². The smallest absolute Gasteiger partial charge is 0.326 e. The van der Waals surface area contributed by atoms with Crippen LogP contribution in [0.15, 0.2) is 0 Å². The predicted octanol–water partition coefficient (Wildman–Crippen LogP) is 1.26. The lowest BCUT2D eigenvalue weighted by Crippen LogP contribution is -2.45. The normalized spacial score (nSPS) is 24.7. The van der Waals surface area contributed by atoms with Gasteiger partial charge in [-0.1, -0.05) is 27.7 Å². The van der Waals surface area contributed by atoms with Gasteiger partial charge in [0.2, 0.25) is 5.91 Å². The van der Waals surface area contributed by atoms with Gasteiger partial charge in [-0.3, -0.25) is 4.79 Å². The number of hydrogen-bond donors (Lipinski definition) is 2. The highest BCUT2D eigenvalue weighted by molar-refractivity contribution is 5.87. The molecule has 0 aliphatic heterocycles. The molecule has 1 unspecified atom stereocenters. The molecule has 1 fully saturated rings. The molecule has 0 bridgehead atoms. The minimum atomic E-state index is -0.961. The van der Waals surface area contributed by atoms with E-state index in [0.717, 1.165) is 6.42 Å². The number of carboxylic acids is 1. The van der Waals surface area contributed by atoms with Crippen LogP contribution in [0.2, 0.25) is 0 Å². The van der Waals surface area contributed by atoms with Gasteiger partial charge in [-0.05, 0) is 17.8 Å². The summed E-state index contributed by atoms with van der Waals surface area (Å²) >= 11 is 0. The van der Waals surface area contributed by atoms with Crippen molar-refractivity contribution in [2.45, 2.75) is 40.2 Å². The van der Waals surface area contributed by atoms with Crippen LogP contribution in [0.4, 0.5) is 0 Å². The molecule has 0 heterocycles. The summed E-state index contributed by atoms with van der Waals surface area (Å²) in [6.45, 7) is 7.61. The second-order valence-electron chi connectivity index (χ2n) is 5.31. The SMILES string of the molecule is CC(C)[C@@H](NC(=O)C1CC1(C)C)C(=O)O. The maximum atomic E-state index is 11.7. The molecule has 0 aromatic heterocycles. The standard InChI is InChI=1S/C11H19NO3/c1-6(2)8(10(14)15)12-9(13)7-5-11(7,3)4/h6-8H,5H2,1-4H3,(H,12,13)(H,14,15)/t7?,8-/m1/s1. The second-order valence-corrected chi connectivity index (χ2v) is 5.31. The minimum absolute atomic E-state index is 0.0156. The van der Waals surface area contributed by atoms with E-state index in [1.807, 2.05) is 13.8 Å². The number of aliphatic carboxylic acids is 1. The quantitative estimate of drug-likeness (QED) is 0.738. The van der Waals surface area contributed by atoms with Gasteiger partial charge in [0, 0.05) is 5.92 Å². The first-order valence-corrected chi connectivity index (χ1v) is 5.29. The highest BCUT2D eigenvalue weighted by atomic mass is 16.4. The minimum Gasteiger partial charge on any atom is -0.480 e. The highest BCUT2D eigenvalue weighted by Crippen LogP contribution is 2.51. The van der Waals surface area contributed by atoms with E-state index in [2.05, 4.69) is 5.32 Å². The molecule has 0 spiro atoms. The van der Waals surface area contributed by atoms with Gasteiger partial charge in [0.25, 0.3) is 0 Å². The van der Waals surface area contributed by atoms with Crippen molar-refractivity contribution in [2.75, 3.05) is 0 Å². The molecule has 2 atom stereocenters. The van der Waals surface area contributed by atoms with Crippen LogP contribution in [0.3, 0.4) is 0 Å². The van der Waals surface area contributed by atoms with Crippen LogP contribution in [-0.4, -0.2) is 23.0 Å². The Balaban J connectivity index is 2.53. The van der Waals surface area contributed by atoms with Gasteiger partial charge in [-0.2, -0.15) is 0 Å². The zero-order valence-corrected chi connectivity index (χ0v) is 9.70. The lowest BCUT2D eigenvalue weighted by Gasteiger charge is -2.18. The summed E-state index contributed by atoms with van der Waals surface area (Å²) in [7, 11) is 0. The fourth-order valence-electron chi connectivity index (χ4n) is 1.68. The molecule has 1 rings (SSSR count). The van der Waals surface area contributed by atoms with E-state index in [1.54, 1.807) is 13.8 Å². The van der Waals surface area contributed by atoms with E-state index in [0.29, 0.717) is 0 Å². The molecule has 1 amide bonds. The van der Waals surface area contributed by atoms with E-state index in [-0.39, 0.29) is 23.2 Å². The number of amides is 1. The molecular weight excluding hydrogens is 194 g/mol. The predicted molar refractivity (Wildman–Crippen MR) is 56.3 cm³/mol. The molecule has 0 aromatic carbocycles. The average Bonchev–Trinajstić information content (AvgIpc) is 2.69. The van der Waals surface area contributed by atoms with Crippen LogP contribution in [0.25, 0.3) is 0 Å². The van der Waals surface area contributed by atoms with Gasteiger partial charge >= 0.3 is 5.97 Å². The van der Waals surface area contributed by atoms with Crippen LogP contribution in [0, 0.1) is 17.3 Å². The Bertz CT molecular complexity index is 284. The van der Waals surface area contributed by atoms with Crippen molar-refractivity contribution in [2.24, 2.45) is 17.3 Å². The summed E-state index contributed by atoms with van der Waals surface area (Å²) in [5, 5.41) is 11.5. The number of carboxylic acid groups (broad SMARTS) is 1. The van der Waals surface area contributed by atoms with Crippen molar-refractivity contribution < 1.29 is 14.7 Å². The maximum absolute atomic E-state index is 11.7. The Morgan fingerprint density at radius 2 is 1.87 bits per heavy atom. The molecule has 1 aliphatic carbocycles. The first kappa shape index (κ1) is 12.0. The zero-order chi connectivity index (χ0) is 11.8. The number of carbonyl (C=O) groups excluding carboxylic acids is 1. The molecule has 1 aliphatic rings. The van der Waals surface area contributed by atoms with Gasteiger partial charge in [-0.25, -0.2) is 4.79 Å². The van der Waals surface area contributed by atoms with E-state index >= 15 is 0 Å². The van der Waals surface area contributed by atoms with Crippen LogP contribution >= 0.6 is 0 Å². The largest absolute Gasteiger partial charge is 0.480 e. The van der Waals surface area contributed by atoms with Gasteiger partial charge in [0.1, 0.15) is 6.04 Å². The molecule has 2 N–H and O–H groups in total. The number of hydrogen-bond acceptors (Lipinski definition) is 2. The third kappa shape index (κ3) is 2.70. The molecule has 4 nitrogen and oxygen atoms in total. The lowest BCUT2D eigenvalue weighted by atomic mass is 10.0. The first-order valence-electron chi connectivity index (χ1n) is 5.29. The molecule has 0 radical (unpaired) electrons. The Hall–Kier alpha value is -1.06. The van der Waals surface area contributed by atoms with Crippen molar-refractivity contribution in [3.63, 3.8) is 0 Å². The van der Waals surface area contributed by atoms with Gasteiger partial charge in [0.15, 0.2) is 0 Å². The monoisotopic (exact) mass is 213 g/mol. The molecule has 0 saturated heterocycles. The van der Waals surface area contributed by atoms with Crippen molar-refractivity contribution in [1.29, 1.82) is 0 Å². The summed E-state index contributed by atoms with van der Waals surface area (Å²) in [5.74, 6) is -1.19. The van der Waals surface area contributed by atoms with Crippen LogP contribution in [0.5, 0.6) is 0 Å². The summed E-state index contributed by atoms with van der Waals surface area (Å²) in [4.78, 5) is 22.5. The van der Waals surface area contributed by atoms with Gasteiger partial charge in [0.05, 0.1) is 0 Å². The summed E-state index contributed by atoms with van der Waals surface area (Å²) in [5.41, 5.74) is 0.0458. The van der Waals surface area contributed by atoms with E-state index in [4.69, 9.17) is 5.11 Å². The average molecular weight is 213 g/mol. The fourth-order valence-corrected chi connectivity index (χ4v) is 1.68. The number of carbonyl (C=O) groups is 2. The molecular formula is C11H19NO3. The second kappa shape index (κ2) is 3.83. The molecule has 86 valence electrons. The Labute approximate surface area is 90.0 Å². The first-order chi connectivity index (χ1) is 6.75. The maximum Gasteiger partial charge on any atom is 0.326 e. The summed E-state index contributed by atoms with van der Waals surface area (Å²) < 4.78 is 0. The van der Waals surface area contributed by atoms with Gasteiger partial charge < -0.3 is 10.4 Å². The van der Waals surface area contributed by atoms with Crippen LogP contribution in [-0.2, 0) is 9.59 Å². The summed E-state index contributed by atoms with van der Waals surface area (Å²) in [6.07, 6.45) is 0.850. The third-order valence-electron chi connectivity index (χ3n) is 3.06. The topological polar surface area (TPSA) is 66.4 Å². The molecule has 15 heavy (non-hydrogen) atoms. The molecule has 4 heteroatoms. The molecule has 0 aromatic rings. The Morgan fingerprint density at radius 1 is 1.40 bits per heavy atom. The Morgan fingerprint density at radius 3 is 2.13 bits per heavy atom. The van der Waals surface area contributed by atoms with Gasteiger partial charge in [-0.15, -0.1) is 0 Å².